The highest BCUT2D eigenvalue weighted by atomic mass is 15.4. The van der Waals surface area contributed by atoms with Gasteiger partial charge in [0.1, 0.15) is 5.69 Å². The second-order valence-electron chi connectivity index (χ2n) is 3.54. The molecule has 2 aromatic heterocycles. The zero-order chi connectivity index (χ0) is 10.8. The molecule has 0 aliphatic rings. The fraction of sp³-hybridized carbons (Fsp3) is 0.300. The van der Waals surface area contributed by atoms with E-state index in [1.165, 1.54) is 0 Å². The van der Waals surface area contributed by atoms with Gasteiger partial charge < -0.3 is 5.73 Å². The molecular weight excluding hydrogens is 190 g/mol. The van der Waals surface area contributed by atoms with E-state index in [-0.39, 0.29) is 6.04 Å². The van der Waals surface area contributed by atoms with Gasteiger partial charge in [-0.25, -0.2) is 0 Å². The van der Waals surface area contributed by atoms with E-state index < -0.39 is 0 Å². The lowest BCUT2D eigenvalue weighted by atomic mass is 10.1. The van der Waals surface area contributed by atoms with Crippen LogP contribution in [-0.2, 0) is 7.05 Å². The maximum atomic E-state index is 5.73. The smallest absolute Gasteiger partial charge is 0.131 e. The first-order chi connectivity index (χ1) is 7.16. The summed E-state index contributed by atoms with van der Waals surface area (Å²) in [7, 11) is 1.83. The van der Waals surface area contributed by atoms with E-state index in [2.05, 4.69) is 15.3 Å². The third kappa shape index (κ3) is 2.02. The minimum atomic E-state index is 0.00778. The van der Waals surface area contributed by atoms with Crippen LogP contribution in [0.25, 0.3) is 11.4 Å². The number of hydrogen-bond acceptors (Lipinski definition) is 4. The van der Waals surface area contributed by atoms with Gasteiger partial charge in [-0.15, -0.1) is 5.10 Å². The Kier molecular flexibility index (Phi) is 2.47. The number of pyridine rings is 1. The van der Waals surface area contributed by atoms with Crippen molar-refractivity contribution < 1.29 is 0 Å². The van der Waals surface area contributed by atoms with Crippen LogP contribution in [0.5, 0.6) is 0 Å². The lowest BCUT2D eigenvalue weighted by Crippen LogP contribution is -2.05. The minimum Gasteiger partial charge on any atom is -0.324 e. The molecule has 0 amide bonds. The van der Waals surface area contributed by atoms with Crippen molar-refractivity contribution in [1.29, 1.82) is 0 Å². The highest BCUT2D eigenvalue weighted by molar-refractivity contribution is 5.52. The molecule has 5 heteroatoms. The molecule has 0 radical (unpaired) electrons. The number of rotatable bonds is 2. The Morgan fingerprint density at radius 3 is 2.60 bits per heavy atom. The normalized spacial score (nSPS) is 12.7. The zero-order valence-corrected chi connectivity index (χ0v) is 8.75. The van der Waals surface area contributed by atoms with Crippen molar-refractivity contribution in [3.05, 3.63) is 30.1 Å². The maximum Gasteiger partial charge on any atom is 0.131 e. The van der Waals surface area contributed by atoms with Crippen molar-refractivity contribution in [1.82, 2.24) is 20.0 Å². The van der Waals surface area contributed by atoms with Crippen LogP contribution in [0, 0.1) is 0 Å². The van der Waals surface area contributed by atoms with Crippen LogP contribution in [0.3, 0.4) is 0 Å². The number of nitrogens with two attached hydrogens (primary N) is 1. The molecule has 2 aromatic rings. The van der Waals surface area contributed by atoms with E-state index in [4.69, 9.17) is 5.73 Å². The summed E-state index contributed by atoms with van der Waals surface area (Å²) < 4.78 is 1.65. The van der Waals surface area contributed by atoms with E-state index in [1.807, 2.05) is 32.3 Å². The number of hydrogen-bond donors (Lipinski definition) is 1. The first kappa shape index (κ1) is 9.79. The number of nitrogens with zero attached hydrogens (tertiary/aromatic N) is 4. The van der Waals surface area contributed by atoms with Crippen molar-refractivity contribution >= 4 is 0 Å². The van der Waals surface area contributed by atoms with Gasteiger partial charge in [-0.1, -0.05) is 11.3 Å². The summed E-state index contributed by atoms with van der Waals surface area (Å²) in [6, 6.07) is 3.87. The van der Waals surface area contributed by atoms with Crippen LogP contribution in [-0.4, -0.2) is 20.0 Å². The summed E-state index contributed by atoms with van der Waals surface area (Å²) in [5, 5.41) is 7.83. The fourth-order valence-corrected chi connectivity index (χ4v) is 1.29. The van der Waals surface area contributed by atoms with Crippen molar-refractivity contribution in [2.75, 3.05) is 0 Å². The molecule has 0 aliphatic heterocycles. The van der Waals surface area contributed by atoms with Crippen LogP contribution in [0.1, 0.15) is 18.5 Å². The first-order valence-corrected chi connectivity index (χ1v) is 4.75. The van der Waals surface area contributed by atoms with Gasteiger partial charge in [0.25, 0.3) is 0 Å². The summed E-state index contributed by atoms with van der Waals surface area (Å²) in [4.78, 5) is 4.29. The average molecular weight is 203 g/mol. The van der Waals surface area contributed by atoms with Gasteiger partial charge in [0.2, 0.25) is 0 Å². The molecule has 15 heavy (non-hydrogen) atoms. The number of aryl methyl sites for hydroxylation is 1. The second kappa shape index (κ2) is 3.78. The second-order valence-corrected chi connectivity index (χ2v) is 3.54. The molecular formula is C10H13N5. The average Bonchev–Trinajstić information content (AvgIpc) is 2.65. The van der Waals surface area contributed by atoms with E-state index in [0.29, 0.717) is 0 Å². The summed E-state index contributed by atoms with van der Waals surface area (Å²) >= 11 is 0. The van der Waals surface area contributed by atoms with Gasteiger partial charge >= 0.3 is 0 Å². The monoisotopic (exact) mass is 203 g/mol. The van der Waals surface area contributed by atoms with E-state index in [0.717, 1.165) is 17.0 Å². The standard InChI is InChI=1S/C10H13N5/c1-7(11)8-3-4-9(12-5-8)10-6-15(2)14-13-10/h3-7H,11H2,1-2H3/t7-/m0/s1. The molecule has 0 fully saturated rings. The largest absolute Gasteiger partial charge is 0.324 e. The quantitative estimate of drug-likeness (QED) is 0.787. The molecule has 0 spiro atoms. The molecule has 0 aliphatic carbocycles. The van der Waals surface area contributed by atoms with Crippen LogP contribution < -0.4 is 5.73 Å². The SMILES string of the molecule is C[C@H](N)c1ccc(-c2cn(C)nn2)nc1. The first-order valence-electron chi connectivity index (χ1n) is 4.75. The predicted octanol–water partition coefficient (Wildman–Crippen LogP) is 0.897. The highest BCUT2D eigenvalue weighted by Crippen LogP contribution is 2.15. The lowest BCUT2D eigenvalue weighted by molar-refractivity contribution is 0.715. The number of aromatic nitrogens is 4. The molecule has 0 bridgehead atoms. The van der Waals surface area contributed by atoms with Gasteiger partial charge in [0.15, 0.2) is 0 Å². The van der Waals surface area contributed by atoms with Gasteiger partial charge in [0.05, 0.1) is 11.9 Å². The van der Waals surface area contributed by atoms with Crippen molar-refractivity contribution in [3.8, 4) is 11.4 Å². The molecule has 0 saturated heterocycles. The lowest BCUT2D eigenvalue weighted by Gasteiger charge is -2.04. The minimum absolute atomic E-state index is 0.00778. The Bertz CT molecular complexity index is 443. The molecule has 2 heterocycles. The molecule has 78 valence electrons. The molecule has 0 unspecified atom stereocenters. The Labute approximate surface area is 87.9 Å². The van der Waals surface area contributed by atoms with Crippen LogP contribution in [0.2, 0.25) is 0 Å². The van der Waals surface area contributed by atoms with E-state index in [1.54, 1.807) is 10.9 Å². The van der Waals surface area contributed by atoms with Gasteiger partial charge in [0, 0.05) is 19.3 Å². The molecule has 0 saturated carbocycles. The third-order valence-corrected chi connectivity index (χ3v) is 2.18. The Balaban J connectivity index is 2.31. The van der Waals surface area contributed by atoms with Gasteiger partial charge in [-0.05, 0) is 18.6 Å². The highest BCUT2D eigenvalue weighted by Gasteiger charge is 2.05. The van der Waals surface area contributed by atoms with E-state index in [9.17, 15) is 0 Å². The predicted molar refractivity (Wildman–Crippen MR) is 56.8 cm³/mol. The Hall–Kier alpha value is -1.75. The third-order valence-electron chi connectivity index (χ3n) is 2.18. The summed E-state index contributed by atoms with van der Waals surface area (Å²) in [6.45, 7) is 1.93. The molecule has 1 atom stereocenters. The van der Waals surface area contributed by atoms with E-state index >= 15 is 0 Å². The maximum absolute atomic E-state index is 5.73. The van der Waals surface area contributed by atoms with Crippen LogP contribution >= 0.6 is 0 Å². The summed E-state index contributed by atoms with van der Waals surface area (Å²) in [5.41, 5.74) is 8.34. The zero-order valence-electron chi connectivity index (χ0n) is 8.75. The van der Waals surface area contributed by atoms with Gasteiger partial charge in [-0.3, -0.25) is 9.67 Å². The van der Waals surface area contributed by atoms with Crippen LogP contribution in [0.15, 0.2) is 24.5 Å². The van der Waals surface area contributed by atoms with Crippen molar-refractivity contribution in [2.24, 2.45) is 12.8 Å². The fourth-order valence-electron chi connectivity index (χ4n) is 1.29. The molecule has 2 N–H and O–H groups in total. The molecule has 5 nitrogen and oxygen atoms in total. The van der Waals surface area contributed by atoms with Crippen molar-refractivity contribution in [2.45, 2.75) is 13.0 Å². The Morgan fingerprint density at radius 1 is 1.33 bits per heavy atom. The van der Waals surface area contributed by atoms with Crippen LogP contribution in [0.4, 0.5) is 0 Å². The molecule has 2 rings (SSSR count). The van der Waals surface area contributed by atoms with Gasteiger partial charge in [-0.2, -0.15) is 0 Å². The topological polar surface area (TPSA) is 69.6 Å². The molecule has 0 aromatic carbocycles. The van der Waals surface area contributed by atoms with Crippen molar-refractivity contribution in [3.63, 3.8) is 0 Å². The summed E-state index contributed by atoms with van der Waals surface area (Å²) in [6.07, 6.45) is 3.60. The Morgan fingerprint density at radius 2 is 2.13 bits per heavy atom. The summed E-state index contributed by atoms with van der Waals surface area (Å²) in [5.74, 6) is 0.